The Morgan fingerprint density at radius 1 is 0.941 bits per heavy atom. The predicted molar refractivity (Wildman–Crippen MR) is 118 cm³/mol. The number of carbonyl (C=O) groups is 2. The number of amides is 2. The minimum Gasteiger partial charge on any atom is -0.335 e. The number of hydrogen-bond acceptors (Lipinski definition) is 5. The van der Waals surface area contributed by atoms with E-state index >= 15 is 0 Å². The Labute approximate surface area is 193 Å². The fourth-order valence-corrected chi connectivity index (χ4v) is 4.08. The topological polar surface area (TPSA) is 88.6 Å². The molecule has 1 aromatic carbocycles. The van der Waals surface area contributed by atoms with Gasteiger partial charge in [-0.25, -0.2) is 18.3 Å². The Bertz CT molecular complexity index is 1360. The number of nitrogens with zero attached hydrogens (tertiary/aromatic N) is 7. The maximum atomic E-state index is 13.8. The second-order valence-corrected chi connectivity index (χ2v) is 7.95. The summed E-state index contributed by atoms with van der Waals surface area (Å²) < 4.78 is 30.1. The average molecular weight is 465 g/mol. The highest BCUT2D eigenvalue weighted by molar-refractivity contribution is 6.00. The molecule has 0 bridgehead atoms. The van der Waals surface area contributed by atoms with Crippen LogP contribution in [0.4, 0.5) is 8.78 Å². The fourth-order valence-electron chi connectivity index (χ4n) is 4.08. The predicted octanol–water partition coefficient (Wildman–Crippen LogP) is 2.67. The van der Waals surface area contributed by atoms with E-state index in [0.717, 1.165) is 4.52 Å². The molecule has 34 heavy (non-hydrogen) atoms. The van der Waals surface area contributed by atoms with Gasteiger partial charge in [0.2, 0.25) is 0 Å². The number of aryl methyl sites for hydroxylation is 1. The molecule has 4 heterocycles. The highest BCUT2D eigenvalue weighted by Gasteiger charge is 2.29. The smallest absolute Gasteiger partial charge is 0.280 e. The van der Waals surface area contributed by atoms with E-state index in [2.05, 4.69) is 15.2 Å². The van der Waals surface area contributed by atoms with Crippen LogP contribution in [0.15, 0.2) is 54.9 Å². The molecule has 1 aliphatic heterocycles. The van der Waals surface area contributed by atoms with E-state index in [9.17, 15) is 18.4 Å². The van der Waals surface area contributed by atoms with Crippen LogP contribution in [0, 0.1) is 0 Å². The van der Waals surface area contributed by atoms with Crippen LogP contribution < -0.4 is 0 Å². The van der Waals surface area contributed by atoms with E-state index in [4.69, 9.17) is 0 Å². The Hall–Kier alpha value is -4.15. The van der Waals surface area contributed by atoms with Gasteiger partial charge in [0.05, 0.1) is 11.9 Å². The minimum absolute atomic E-state index is 0.0787. The lowest BCUT2D eigenvalue weighted by molar-refractivity contribution is 0.0530. The molecule has 3 aromatic heterocycles. The van der Waals surface area contributed by atoms with E-state index in [1.807, 2.05) is 6.07 Å². The van der Waals surface area contributed by atoms with Gasteiger partial charge >= 0.3 is 0 Å². The summed E-state index contributed by atoms with van der Waals surface area (Å²) in [6.07, 6.45) is 0.0403. The summed E-state index contributed by atoms with van der Waals surface area (Å²) in [5, 5.41) is 8.05. The first-order valence-corrected chi connectivity index (χ1v) is 10.7. The number of piperazine rings is 1. The normalized spacial score (nSPS) is 14.2. The number of aromatic nitrogens is 5. The van der Waals surface area contributed by atoms with Crippen LogP contribution in [0.25, 0.3) is 16.9 Å². The summed E-state index contributed by atoms with van der Waals surface area (Å²) in [4.78, 5) is 33.7. The quantitative estimate of drug-likeness (QED) is 0.462. The van der Waals surface area contributed by atoms with Gasteiger partial charge in [-0.2, -0.15) is 10.2 Å². The van der Waals surface area contributed by atoms with Crippen molar-refractivity contribution in [2.75, 3.05) is 26.2 Å². The summed E-state index contributed by atoms with van der Waals surface area (Å²) in [6, 6.07) is 11.9. The summed E-state index contributed by atoms with van der Waals surface area (Å²) in [7, 11) is 1.70. The Morgan fingerprint density at radius 3 is 2.24 bits per heavy atom. The third-order valence-corrected chi connectivity index (χ3v) is 5.92. The molecule has 0 N–H and O–H groups in total. The zero-order valence-corrected chi connectivity index (χ0v) is 18.3. The number of hydrogen-bond donors (Lipinski definition) is 0. The molecule has 4 aromatic rings. The summed E-state index contributed by atoms with van der Waals surface area (Å²) in [5.41, 5.74) is 1.36. The summed E-state index contributed by atoms with van der Waals surface area (Å²) >= 11 is 0. The molecule has 0 unspecified atom stereocenters. The largest absolute Gasteiger partial charge is 0.335 e. The molecule has 5 rings (SSSR count). The van der Waals surface area contributed by atoms with Crippen molar-refractivity contribution in [1.29, 1.82) is 0 Å². The lowest BCUT2D eigenvalue weighted by Crippen LogP contribution is -2.50. The van der Waals surface area contributed by atoms with Gasteiger partial charge in [-0.15, -0.1) is 0 Å². The van der Waals surface area contributed by atoms with E-state index in [1.54, 1.807) is 53.4 Å². The first-order valence-electron chi connectivity index (χ1n) is 10.7. The third-order valence-electron chi connectivity index (χ3n) is 5.92. The van der Waals surface area contributed by atoms with Crippen LogP contribution in [0.5, 0.6) is 0 Å². The third kappa shape index (κ3) is 3.78. The second kappa shape index (κ2) is 8.65. The van der Waals surface area contributed by atoms with Crippen molar-refractivity contribution in [1.82, 2.24) is 34.2 Å². The number of alkyl halides is 2. The number of carbonyl (C=O) groups excluding carboxylic acids is 2. The lowest BCUT2D eigenvalue weighted by atomic mass is 10.1. The van der Waals surface area contributed by atoms with Gasteiger partial charge in [0.25, 0.3) is 18.2 Å². The summed E-state index contributed by atoms with van der Waals surface area (Å²) in [5.74, 6) is -0.514. The first kappa shape index (κ1) is 21.7. The standard InChI is InChI=1S/C23H21F2N7O2/c1-29-18(7-8-26-29)23(34)31-11-9-30(10-12-31)22(33)16-14-27-32-19(20(24)25)13-17(28-21(16)32)15-5-3-2-4-6-15/h2-8,13-14,20H,9-12H2,1H3. The molecule has 0 spiro atoms. The molecular formula is C23H21F2N7O2. The van der Waals surface area contributed by atoms with Crippen LogP contribution in [0.3, 0.4) is 0 Å². The van der Waals surface area contributed by atoms with E-state index in [1.165, 1.54) is 16.9 Å². The van der Waals surface area contributed by atoms with Crippen LogP contribution in [-0.2, 0) is 7.05 Å². The summed E-state index contributed by atoms with van der Waals surface area (Å²) in [6.45, 7) is 1.31. The maximum absolute atomic E-state index is 13.8. The molecule has 2 amide bonds. The van der Waals surface area contributed by atoms with Gasteiger partial charge in [0.1, 0.15) is 17.0 Å². The monoisotopic (exact) mass is 465 g/mol. The second-order valence-electron chi connectivity index (χ2n) is 7.95. The van der Waals surface area contributed by atoms with Crippen molar-refractivity contribution >= 4 is 17.5 Å². The molecule has 0 saturated carbocycles. The van der Waals surface area contributed by atoms with Gasteiger partial charge < -0.3 is 9.80 Å². The molecule has 0 aliphatic carbocycles. The number of rotatable bonds is 4. The Kier molecular flexibility index (Phi) is 5.52. The molecule has 1 aliphatic rings. The molecule has 1 fully saturated rings. The van der Waals surface area contributed by atoms with Gasteiger partial charge in [-0.05, 0) is 12.1 Å². The highest BCUT2D eigenvalue weighted by Crippen LogP contribution is 2.27. The van der Waals surface area contributed by atoms with Crippen molar-refractivity contribution in [2.24, 2.45) is 7.05 Å². The first-order chi connectivity index (χ1) is 16.4. The van der Waals surface area contributed by atoms with Crippen LogP contribution in [-0.4, -0.2) is 72.2 Å². The van der Waals surface area contributed by atoms with Crippen LogP contribution in [0.1, 0.15) is 33.0 Å². The molecule has 0 radical (unpaired) electrons. The van der Waals surface area contributed by atoms with E-state index in [0.29, 0.717) is 43.1 Å². The highest BCUT2D eigenvalue weighted by atomic mass is 19.3. The number of benzene rings is 1. The van der Waals surface area contributed by atoms with Crippen molar-refractivity contribution in [3.05, 3.63) is 71.8 Å². The molecule has 174 valence electrons. The SMILES string of the molecule is Cn1nccc1C(=O)N1CCN(C(=O)c2cnn3c(C(F)F)cc(-c4ccccc4)nc23)CC1. The lowest BCUT2D eigenvalue weighted by Gasteiger charge is -2.34. The van der Waals surface area contributed by atoms with Crippen molar-refractivity contribution in [3.8, 4) is 11.3 Å². The molecule has 0 atom stereocenters. The minimum atomic E-state index is -2.79. The van der Waals surface area contributed by atoms with Crippen molar-refractivity contribution in [2.45, 2.75) is 6.43 Å². The molecule has 11 heteroatoms. The zero-order chi connectivity index (χ0) is 23.8. The van der Waals surface area contributed by atoms with Crippen molar-refractivity contribution in [3.63, 3.8) is 0 Å². The molecule has 9 nitrogen and oxygen atoms in total. The van der Waals surface area contributed by atoms with Gasteiger partial charge in [0.15, 0.2) is 5.65 Å². The van der Waals surface area contributed by atoms with E-state index in [-0.39, 0.29) is 28.7 Å². The van der Waals surface area contributed by atoms with Gasteiger partial charge in [-0.3, -0.25) is 14.3 Å². The zero-order valence-electron chi connectivity index (χ0n) is 18.3. The Balaban J connectivity index is 1.41. The average Bonchev–Trinajstić information content (AvgIpc) is 3.49. The molecule has 1 saturated heterocycles. The van der Waals surface area contributed by atoms with Crippen LogP contribution in [0.2, 0.25) is 0 Å². The number of fused-ring (bicyclic) bond motifs is 1. The van der Waals surface area contributed by atoms with E-state index < -0.39 is 6.43 Å². The van der Waals surface area contributed by atoms with Crippen molar-refractivity contribution < 1.29 is 18.4 Å². The number of halogens is 2. The van der Waals surface area contributed by atoms with Crippen LogP contribution >= 0.6 is 0 Å². The van der Waals surface area contributed by atoms with Gasteiger partial charge in [0, 0.05) is 45.0 Å². The fraction of sp³-hybridized carbons (Fsp3) is 0.261. The van der Waals surface area contributed by atoms with Gasteiger partial charge in [-0.1, -0.05) is 30.3 Å². The molecular weight excluding hydrogens is 444 g/mol. The maximum Gasteiger partial charge on any atom is 0.280 e. The Morgan fingerprint density at radius 2 is 1.62 bits per heavy atom.